The van der Waals surface area contributed by atoms with Crippen molar-refractivity contribution in [2.45, 2.75) is 37.6 Å². The van der Waals surface area contributed by atoms with Gasteiger partial charge in [-0.1, -0.05) is 30.1 Å². The number of nitrogens with one attached hydrogen (secondary N) is 1. The van der Waals surface area contributed by atoms with Crippen LogP contribution in [0.1, 0.15) is 37.6 Å². The van der Waals surface area contributed by atoms with Gasteiger partial charge in [0.1, 0.15) is 4.90 Å². The molecular weight excluding hydrogens is 325 g/mol. The first-order valence-electron chi connectivity index (χ1n) is 5.77. The summed E-state index contributed by atoms with van der Waals surface area (Å²) in [6.45, 7) is 5.26. The molecule has 0 saturated heterocycles. The molecule has 5 nitrogen and oxygen atoms in total. The topological polar surface area (TPSA) is 83.5 Å². The monoisotopic (exact) mass is 339 g/mol. The van der Waals surface area contributed by atoms with E-state index in [0.717, 1.165) is 0 Å². The Morgan fingerprint density at radius 1 is 1.35 bits per heavy atom. The van der Waals surface area contributed by atoms with Crippen LogP contribution in [-0.2, 0) is 10.0 Å². The Hall–Kier alpha value is -0.820. The lowest BCUT2D eigenvalue weighted by Crippen LogP contribution is -2.42. The van der Waals surface area contributed by atoms with Gasteiger partial charge in [0.05, 0.1) is 15.6 Å². The molecular formula is C12H15Cl2NO4S. The van der Waals surface area contributed by atoms with E-state index >= 15 is 0 Å². The van der Waals surface area contributed by atoms with Crippen molar-refractivity contribution in [3.63, 3.8) is 0 Å². The Labute approximate surface area is 127 Å². The normalized spacial score (nSPS) is 12.4. The fourth-order valence-corrected chi connectivity index (χ4v) is 3.83. The highest BCUT2D eigenvalue weighted by Gasteiger charge is 2.29. The summed E-state index contributed by atoms with van der Waals surface area (Å²) in [5.74, 6) is -1.38. The van der Waals surface area contributed by atoms with E-state index in [1.54, 1.807) is 13.8 Å². The smallest absolute Gasteiger partial charge is 0.338 e. The zero-order chi connectivity index (χ0) is 15.7. The van der Waals surface area contributed by atoms with Gasteiger partial charge >= 0.3 is 5.97 Å². The highest BCUT2D eigenvalue weighted by molar-refractivity contribution is 7.89. The Morgan fingerprint density at radius 3 is 2.35 bits per heavy atom. The van der Waals surface area contributed by atoms with Crippen molar-refractivity contribution in [2.75, 3.05) is 0 Å². The molecule has 0 aromatic heterocycles. The van der Waals surface area contributed by atoms with Crippen molar-refractivity contribution in [3.8, 4) is 0 Å². The van der Waals surface area contributed by atoms with Crippen LogP contribution >= 0.6 is 23.2 Å². The van der Waals surface area contributed by atoms with Crippen LogP contribution in [0.25, 0.3) is 0 Å². The molecule has 0 amide bonds. The molecule has 0 aliphatic heterocycles. The second-order valence-electron chi connectivity index (χ2n) is 4.88. The number of carboxylic acid groups (broad SMARTS) is 1. The third-order valence-electron chi connectivity index (χ3n) is 2.85. The molecule has 0 heterocycles. The molecule has 1 rings (SSSR count). The fraction of sp³-hybridized carbons (Fsp3) is 0.417. The van der Waals surface area contributed by atoms with Crippen LogP contribution < -0.4 is 4.72 Å². The van der Waals surface area contributed by atoms with Crippen molar-refractivity contribution in [3.05, 3.63) is 27.7 Å². The summed E-state index contributed by atoms with van der Waals surface area (Å²) < 4.78 is 27.0. The minimum absolute atomic E-state index is 0.115. The van der Waals surface area contributed by atoms with E-state index in [4.69, 9.17) is 28.3 Å². The molecule has 0 unspecified atom stereocenters. The van der Waals surface area contributed by atoms with Crippen LogP contribution in [-0.4, -0.2) is 25.0 Å². The Balaban J connectivity index is 3.41. The lowest BCUT2D eigenvalue weighted by atomic mass is 10.0. The summed E-state index contributed by atoms with van der Waals surface area (Å²) in [6, 6.07) is 2.38. The van der Waals surface area contributed by atoms with Gasteiger partial charge in [0.25, 0.3) is 0 Å². The number of carbonyl (C=O) groups is 1. The molecule has 20 heavy (non-hydrogen) atoms. The maximum atomic E-state index is 12.3. The zero-order valence-corrected chi connectivity index (χ0v) is 13.5. The summed E-state index contributed by atoms with van der Waals surface area (Å²) >= 11 is 11.6. The van der Waals surface area contributed by atoms with E-state index in [-0.39, 0.29) is 9.92 Å². The van der Waals surface area contributed by atoms with Crippen molar-refractivity contribution < 1.29 is 18.3 Å². The standard InChI is InChI=1S/C12H15Cl2NO4S/c1-4-12(2,3)15-20(18,19)8-6-5-7(13)9(10(8)14)11(16)17/h5-6,15H,4H2,1-3H3,(H,16,17). The van der Waals surface area contributed by atoms with Crippen LogP contribution in [0.5, 0.6) is 0 Å². The van der Waals surface area contributed by atoms with Gasteiger partial charge < -0.3 is 5.11 Å². The number of sulfonamides is 1. The summed E-state index contributed by atoms with van der Waals surface area (Å²) in [4.78, 5) is 10.8. The largest absolute Gasteiger partial charge is 0.478 e. The molecule has 2 N–H and O–H groups in total. The van der Waals surface area contributed by atoms with Crippen LogP contribution in [0, 0.1) is 0 Å². The average molecular weight is 340 g/mol. The van der Waals surface area contributed by atoms with E-state index < -0.39 is 32.1 Å². The van der Waals surface area contributed by atoms with Gasteiger partial charge in [0.2, 0.25) is 10.0 Å². The second-order valence-corrected chi connectivity index (χ2v) is 7.32. The molecule has 0 aliphatic carbocycles. The number of carboxylic acids is 1. The summed E-state index contributed by atoms with van der Waals surface area (Å²) in [5.41, 5.74) is -1.10. The van der Waals surface area contributed by atoms with Crippen LogP contribution in [0.15, 0.2) is 17.0 Å². The van der Waals surface area contributed by atoms with Crippen molar-refractivity contribution in [1.29, 1.82) is 0 Å². The number of rotatable bonds is 5. The van der Waals surface area contributed by atoms with Crippen molar-refractivity contribution >= 4 is 39.2 Å². The molecule has 0 spiro atoms. The first-order chi connectivity index (χ1) is 9.02. The number of hydrogen-bond donors (Lipinski definition) is 2. The molecule has 0 radical (unpaired) electrons. The Kier molecular flexibility index (Phi) is 5.08. The van der Waals surface area contributed by atoms with Gasteiger partial charge in [-0.15, -0.1) is 0 Å². The molecule has 0 atom stereocenters. The molecule has 112 valence electrons. The summed E-state index contributed by atoms with van der Waals surface area (Å²) in [6.07, 6.45) is 0.559. The minimum atomic E-state index is -3.94. The molecule has 0 aliphatic rings. The first kappa shape index (κ1) is 17.2. The maximum Gasteiger partial charge on any atom is 0.338 e. The maximum absolute atomic E-state index is 12.3. The van der Waals surface area contributed by atoms with Gasteiger partial charge in [-0.3, -0.25) is 0 Å². The van der Waals surface area contributed by atoms with Crippen LogP contribution in [0.2, 0.25) is 10.0 Å². The zero-order valence-electron chi connectivity index (χ0n) is 11.2. The predicted octanol–water partition coefficient (Wildman–Crippen LogP) is 3.16. The van der Waals surface area contributed by atoms with Crippen molar-refractivity contribution in [1.82, 2.24) is 4.72 Å². The highest BCUT2D eigenvalue weighted by Crippen LogP contribution is 2.31. The Bertz CT molecular complexity index is 641. The lowest BCUT2D eigenvalue weighted by Gasteiger charge is -2.24. The molecule has 1 aromatic rings. The van der Waals surface area contributed by atoms with Gasteiger partial charge in [0.15, 0.2) is 0 Å². The third-order valence-corrected chi connectivity index (χ3v) is 5.41. The molecule has 0 saturated carbocycles. The van der Waals surface area contributed by atoms with E-state index in [0.29, 0.717) is 6.42 Å². The van der Waals surface area contributed by atoms with Gasteiger partial charge in [0, 0.05) is 5.54 Å². The van der Waals surface area contributed by atoms with Gasteiger partial charge in [-0.05, 0) is 32.4 Å². The molecule has 1 aromatic carbocycles. The minimum Gasteiger partial charge on any atom is -0.478 e. The average Bonchev–Trinajstić information content (AvgIpc) is 2.26. The molecule has 0 bridgehead atoms. The lowest BCUT2D eigenvalue weighted by molar-refractivity contribution is 0.0697. The SMILES string of the molecule is CCC(C)(C)NS(=O)(=O)c1ccc(Cl)c(C(=O)O)c1Cl. The fourth-order valence-electron chi connectivity index (χ4n) is 1.43. The molecule has 0 fully saturated rings. The van der Waals surface area contributed by atoms with Gasteiger partial charge in [-0.25, -0.2) is 17.9 Å². The number of aromatic carboxylic acids is 1. The third kappa shape index (κ3) is 3.63. The van der Waals surface area contributed by atoms with Crippen molar-refractivity contribution in [2.24, 2.45) is 0 Å². The quantitative estimate of drug-likeness (QED) is 0.862. The van der Waals surface area contributed by atoms with Gasteiger partial charge in [-0.2, -0.15) is 0 Å². The number of benzene rings is 1. The summed E-state index contributed by atoms with van der Waals surface area (Å²) in [7, 11) is -3.94. The first-order valence-corrected chi connectivity index (χ1v) is 8.01. The van der Waals surface area contributed by atoms with Crippen LogP contribution in [0.3, 0.4) is 0 Å². The Morgan fingerprint density at radius 2 is 1.90 bits per heavy atom. The second kappa shape index (κ2) is 5.89. The molecule has 8 heteroatoms. The predicted molar refractivity (Wildman–Crippen MR) is 78.1 cm³/mol. The van der Waals surface area contributed by atoms with E-state index in [1.807, 2.05) is 6.92 Å². The summed E-state index contributed by atoms with van der Waals surface area (Å²) in [5, 5.41) is 8.52. The highest BCUT2D eigenvalue weighted by atomic mass is 35.5. The van der Waals surface area contributed by atoms with Crippen LogP contribution in [0.4, 0.5) is 0 Å². The number of hydrogen-bond acceptors (Lipinski definition) is 3. The van der Waals surface area contributed by atoms with E-state index in [9.17, 15) is 13.2 Å². The van der Waals surface area contributed by atoms with E-state index in [2.05, 4.69) is 4.72 Å². The van der Waals surface area contributed by atoms with E-state index in [1.165, 1.54) is 12.1 Å². The number of halogens is 2.